The third-order valence-electron chi connectivity index (χ3n) is 1.35. The summed E-state index contributed by atoms with van der Waals surface area (Å²) in [6.45, 7) is 6.69. The van der Waals surface area contributed by atoms with Crippen molar-refractivity contribution in [2.24, 2.45) is 0 Å². The smallest absolute Gasteiger partial charge is 0.408 e. The molecular weight excluding hydrogens is 222 g/mol. The van der Waals surface area contributed by atoms with Gasteiger partial charge in [0.05, 0.1) is 0 Å². The number of aliphatic carboxylic acids is 1. The number of hydrogen-bond acceptors (Lipinski definition) is 3. The Morgan fingerprint density at radius 1 is 1.60 bits per heavy atom. The van der Waals surface area contributed by atoms with E-state index in [4.69, 9.17) is 16.7 Å². The van der Waals surface area contributed by atoms with Gasteiger partial charge in [-0.2, -0.15) is 0 Å². The molecule has 0 radical (unpaired) electrons. The monoisotopic (exact) mass is 233 g/mol. The van der Waals surface area contributed by atoms with Gasteiger partial charge in [0.15, 0.2) is 0 Å². The second-order valence-corrected chi connectivity index (χ2v) is 3.18. The summed E-state index contributed by atoms with van der Waals surface area (Å²) >= 11 is 5.44. The zero-order valence-corrected chi connectivity index (χ0v) is 8.79. The summed E-state index contributed by atoms with van der Waals surface area (Å²) < 4.78 is 4.55. The summed E-state index contributed by atoms with van der Waals surface area (Å²) in [5, 5.41) is 11.0. The lowest BCUT2D eigenvalue weighted by molar-refractivity contribution is -0.139. The summed E-state index contributed by atoms with van der Waals surface area (Å²) in [6, 6.07) is -1.13. The molecule has 0 saturated heterocycles. The van der Waals surface area contributed by atoms with Crippen molar-refractivity contribution in [3.8, 4) is 0 Å². The molecule has 15 heavy (non-hydrogen) atoms. The first-order chi connectivity index (χ1) is 6.97. The molecule has 0 saturated carbocycles. The van der Waals surface area contributed by atoms with E-state index in [1.165, 1.54) is 6.08 Å². The number of carbonyl (C=O) groups excluding carboxylic acids is 1. The van der Waals surface area contributed by atoms with Crippen molar-refractivity contribution in [2.45, 2.75) is 12.5 Å². The molecule has 0 aliphatic heterocycles. The van der Waals surface area contributed by atoms with E-state index >= 15 is 0 Å². The van der Waals surface area contributed by atoms with Crippen molar-refractivity contribution in [3.63, 3.8) is 0 Å². The lowest BCUT2D eigenvalue weighted by Crippen LogP contribution is -2.41. The predicted molar refractivity (Wildman–Crippen MR) is 55.7 cm³/mol. The molecule has 1 unspecified atom stereocenters. The number of ether oxygens (including phenoxy) is 1. The fraction of sp³-hybridized carbons (Fsp3) is 0.333. The second kappa shape index (κ2) is 6.89. The molecule has 6 heteroatoms. The first-order valence-electron chi connectivity index (χ1n) is 4.07. The highest BCUT2D eigenvalue weighted by Crippen LogP contribution is 2.07. The summed E-state index contributed by atoms with van der Waals surface area (Å²) in [5.74, 6) is -1.20. The highest BCUT2D eigenvalue weighted by Gasteiger charge is 2.20. The molecular formula is C9H12ClNO4. The summed E-state index contributed by atoms with van der Waals surface area (Å²) in [7, 11) is 0. The van der Waals surface area contributed by atoms with E-state index in [1.54, 1.807) is 0 Å². The Kier molecular flexibility index (Phi) is 6.21. The second-order valence-electron chi connectivity index (χ2n) is 2.64. The molecule has 1 atom stereocenters. The molecule has 2 N–H and O–H groups in total. The van der Waals surface area contributed by atoms with Crippen LogP contribution in [0.25, 0.3) is 0 Å². The van der Waals surface area contributed by atoms with E-state index in [1.807, 2.05) is 0 Å². The highest BCUT2D eigenvalue weighted by molar-refractivity contribution is 6.29. The average molecular weight is 234 g/mol. The Morgan fingerprint density at radius 2 is 2.20 bits per heavy atom. The molecule has 0 aliphatic carbocycles. The summed E-state index contributed by atoms with van der Waals surface area (Å²) in [4.78, 5) is 21.6. The van der Waals surface area contributed by atoms with Crippen molar-refractivity contribution < 1.29 is 19.4 Å². The summed E-state index contributed by atoms with van der Waals surface area (Å²) in [6.07, 6.45) is 0.482. The molecule has 0 rings (SSSR count). The number of rotatable bonds is 6. The molecule has 0 aromatic rings. The van der Waals surface area contributed by atoms with Crippen molar-refractivity contribution in [1.82, 2.24) is 5.32 Å². The van der Waals surface area contributed by atoms with Gasteiger partial charge in [-0.25, -0.2) is 9.59 Å². The molecule has 84 valence electrons. The van der Waals surface area contributed by atoms with Crippen LogP contribution in [0.1, 0.15) is 6.42 Å². The van der Waals surface area contributed by atoms with Crippen molar-refractivity contribution in [3.05, 3.63) is 24.3 Å². The first kappa shape index (κ1) is 13.5. The van der Waals surface area contributed by atoms with Crippen LogP contribution < -0.4 is 5.32 Å². The van der Waals surface area contributed by atoms with Gasteiger partial charge in [-0.1, -0.05) is 30.8 Å². The van der Waals surface area contributed by atoms with Crippen LogP contribution in [-0.2, 0) is 9.53 Å². The molecule has 0 spiro atoms. The number of carbonyl (C=O) groups is 2. The minimum Gasteiger partial charge on any atom is -0.480 e. The Hall–Kier alpha value is -1.49. The lowest BCUT2D eigenvalue weighted by Gasteiger charge is -2.12. The van der Waals surface area contributed by atoms with Gasteiger partial charge in [-0.3, -0.25) is 0 Å². The third kappa shape index (κ3) is 6.56. The van der Waals surface area contributed by atoms with Crippen LogP contribution in [0.15, 0.2) is 24.3 Å². The van der Waals surface area contributed by atoms with E-state index in [9.17, 15) is 9.59 Å². The van der Waals surface area contributed by atoms with Crippen LogP contribution in [0, 0.1) is 0 Å². The van der Waals surface area contributed by atoms with E-state index in [0.717, 1.165) is 0 Å². The lowest BCUT2D eigenvalue weighted by atomic mass is 10.2. The van der Waals surface area contributed by atoms with Crippen LogP contribution in [0.5, 0.6) is 0 Å². The number of amides is 1. The zero-order valence-electron chi connectivity index (χ0n) is 8.03. The SMILES string of the molecule is C=CCOC(=O)NC(CC(=C)Cl)C(=O)O. The van der Waals surface area contributed by atoms with Gasteiger partial charge < -0.3 is 15.2 Å². The number of halogens is 1. The minimum atomic E-state index is -1.20. The quantitative estimate of drug-likeness (QED) is 0.682. The maximum absolute atomic E-state index is 11.0. The van der Waals surface area contributed by atoms with Crippen LogP contribution in [-0.4, -0.2) is 29.8 Å². The van der Waals surface area contributed by atoms with Gasteiger partial charge in [0, 0.05) is 11.5 Å². The third-order valence-corrected chi connectivity index (χ3v) is 1.50. The van der Waals surface area contributed by atoms with E-state index in [-0.39, 0.29) is 18.1 Å². The van der Waals surface area contributed by atoms with Gasteiger partial charge in [0.1, 0.15) is 12.6 Å². The fourth-order valence-corrected chi connectivity index (χ4v) is 0.894. The Bertz CT molecular complexity index is 277. The topological polar surface area (TPSA) is 75.6 Å². The van der Waals surface area contributed by atoms with Crippen LogP contribution in [0.2, 0.25) is 0 Å². The number of hydrogen-bond donors (Lipinski definition) is 2. The van der Waals surface area contributed by atoms with Crippen LogP contribution in [0.4, 0.5) is 4.79 Å². The first-order valence-corrected chi connectivity index (χ1v) is 4.45. The molecule has 0 aromatic carbocycles. The maximum Gasteiger partial charge on any atom is 0.408 e. The Labute approximate surface area is 92.4 Å². The number of carboxylic acid groups (broad SMARTS) is 1. The maximum atomic E-state index is 11.0. The molecule has 0 heterocycles. The molecule has 0 aromatic heterocycles. The molecule has 1 amide bonds. The predicted octanol–water partition coefficient (Wildman–Crippen LogP) is 1.49. The van der Waals surface area contributed by atoms with Crippen LogP contribution in [0.3, 0.4) is 0 Å². The van der Waals surface area contributed by atoms with Crippen molar-refractivity contribution >= 4 is 23.7 Å². The minimum absolute atomic E-state index is 0.0139. The largest absolute Gasteiger partial charge is 0.480 e. The van der Waals surface area contributed by atoms with Gasteiger partial charge in [0.25, 0.3) is 0 Å². The van der Waals surface area contributed by atoms with Crippen molar-refractivity contribution in [1.29, 1.82) is 0 Å². The molecule has 0 bridgehead atoms. The van der Waals surface area contributed by atoms with Gasteiger partial charge in [-0.05, 0) is 0 Å². The van der Waals surface area contributed by atoms with Crippen LogP contribution >= 0.6 is 11.6 Å². The van der Waals surface area contributed by atoms with E-state index in [0.29, 0.717) is 0 Å². The van der Waals surface area contributed by atoms with E-state index < -0.39 is 18.1 Å². The number of carboxylic acids is 1. The highest BCUT2D eigenvalue weighted by atomic mass is 35.5. The zero-order chi connectivity index (χ0) is 11.8. The Morgan fingerprint density at radius 3 is 2.60 bits per heavy atom. The van der Waals surface area contributed by atoms with Gasteiger partial charge >= 0.3 is 12.1 Å². The average Bonchev–Trinajstić information content (AvgIpc) is 2.12. The number of alkyl carbamates (subject to hydrolysis) is 1. The Balaban J connectivity index is 4.16. The fourth-order valence-electron chi connectivity index (χ4n) is 0.740. The summed E-state index contributed by atoms with van der Waals surface area (Å²) in [5.41, 5.74) is 0. The normalized spacial score (nSPS) is 11.3. The van der Waals surface area contributed by atoms with Gasteiger partial charge in [-0.15, -0.1) is 0 Å². The van der Waals surface area contributed by atoms with E-state index in [2.05, 4.69) is 23.2 Å². The van der Waals surface area contributed by atoms with Crippen molar-refractivity contribution in [2.75, 3.05) is 6.61 Å². The molecule has 0 aliphatic rings. The van der Waals surface area contributed by atoms with Gasteiger partial charge in [0.2, 0.25) is 0 Å². The number of nitrogens with one attached hydrogen (secondary N) is 1. The molecule has 0 fully saturated rings. The molecule has 5 nitrogen and oxygen atoms in total. The standard InChI is InChI=1S/C9H12ClNO4/c1-3-4-15-9(14)11-7(8(12)13)5-6(2)10/h3,7H,1-2,4-5H2,(H,11,14)(H,12,13).